The third kappa shape index (κ3) is 5.92. The molecule has 8 nitrogen and oxygen atoms in total. The second kappa shape index (κ2) is 8.38. The van der Waals surface area contributed by atoms with Gasteiger partial charge in [0.15, 0.2) is 18.1 Å². The van der Waals surface area contributed by atoms with Crippen molar-refractivity contribution in [3.05, 3.63) is 0 Å². The number of carbonyl (C=O) groups excluding carboxylic acids is 2. The Morgan fingerprint density at radius 3 is 2.32 bits per heavy atom. The number of cyclic esters (lactones) is 2. The lowest BCUT2D eigenvalue weighted by Gasteiger charge is -2.23. The fraction of sp³-hybridized carbons (Fsp3) is 0.750. The molecular weight excluding hydrogens is 317 g/mol. The van der Waals surface area contributed by atoms with Gasteiger partial charge >= 0.3 is 19.5 Å². The van der Waals surface area contributed by atoms with E-state index in [1.165, 1.54) is 14.2 Å². The van der Waals surface area contributed by atoms with Crippen molar-refractivity contribution in [1.82, 2.24) is 0 Å². The summed E-state index contributed by atoms with van der Waals surface area (Å²) in [5.74, 6) is -1.97. The van der Waals surface area contributed by atoms with Crippen LogP contribution in [-0.4, -0.2) is 32.3 Å². The molecule has 0 bridgehead atoms. The highest BCUT2D eigenvalue weighted by Crippen LogP contribution is 2.59. The first-order chi connectivity index (χ1) is 9.00. The lowest BCUT2D eigenvalue weighted by Crippen LogP contribution is -2.30. The number of hydrogen-bond donors (Lipinski definition) is 0. The van der Waals surface area contributed by atoms with Crippen LogP contribution >= 0.6 is 25.7 Å². The van der Waals surface area contributed by atoms with Gasteiger partial charge < -0.3 is 13.8 Å². The molecule has 3 unspecified atom stereocenters. The minimum Gasteiger partial charge on any atom is -0.393 e. The average Bonchev–Trinajstić information content (AvgIpc) is 2.38. The molecule has 0 aromatic heterocycles. The smallest absolute Gasteiger partial charge is 0.341 e. The van der Waals surface area contributed by atoms with Gasteiger partial charge in [-0.3, -0.25) is 22.8 Å². The maximum atomic E-state index is 12.3. The first-order valence-corrected chi connectivity index (χ1v) is 8.63. The van der Waals surface area contributed by atoms with Crippen LogP contribution in [0.2, 0.25) is 0 Å². The average molecular weight is 332 g/mol. The van der Waals surface area contributed by atoms with Crippen molar-refractivity contribution in [2.75, 3.05) is 20.4 Å². The van der Waals surface area contributed by atoms with E-state index >= 15 is 0 Å². The van der Waals surface area contributed by atoms with Gasteiger partial charge in [-0.25, -0.2) is 0 Å². The Bertz CT molecular complexity index is 361. The molecule has 1 saturated heterocycles. The van der Waals surface area contributed by atoms with E-state index in [0.29, 0.717) is 0 Å². The molecule has 0 amide bonds. The van der Waals surface area contributed by atoms with Gasteiger partial charge in [-0.1, -0.05) is 0 Å². The van der Waals surface area contributed by atoms with E-state index in [2.05, 4.69) is 4.74 Å². The summed E-state index contributed by atoms with van der Waals surface area (Å²) >= 11 is 0. The van der Waals surface area contributed by atoms with Gasteiger partial charge in [0.1, 0.15) is 0 Å². The lowest BCUT2D eigenvalue weighted by molar-refractivity contribution is -0.166. The molecular formula is C8H15O8P3. The molecule has 0 saturated carbocycles. The van der Waals surface area contributed by atoms with E-state index in [9.17, 15) is 14.2 Å². The van der Waals surface area contributed by atoms with Crippen molar-refractivity contribution in [3.63, 3.8) is 0 Å². The van der Waals surface area contributed by atoms with E-state index in [1.54, 1.807) is 0 Å². The van der Waals surface area contributed by atoms with Crippen LogP contribution in [0.3, 0.4) is 0 Å². The monoisotopic (exact) mass is 332 g/mol. The molecule has 1 aliphatic heterocycles. The van der Waals surface area contributed by atoms with Crippen LogP contribution in [0.4, 0.5) is 0 Å². The molecule has 1 rings (SSSR count). The Balaban J connectivity index is 2.62. The molecule has 0 radical (unpaired) electrons. The van der Waals surface area contributed by atoms with Gasteiger partial charge in [-0.15, -0.1) is 0 Å². The van der Waals surface area contributed by atoms with Gasteiger partial charge in [0.25, 0.3) is 0 Å². The van der Waals surface area contributed by atoms with Crippen LogP contribution in [-0.2, 0) is 36.6 Å². The molecule has 19 heavy (non-hydrogen) atoms. The van der Waals surface area contributed by atoms with Gasteiger partial charge in [-0.2, -0.15) is 0 Å². The summed E-state index contributed by atoms with van der Waals surface area (Å²) in [5, 5.41) is 0. The van der Waals surface area contributed by atoms with Gasteiger partial charge in [0.05, 0.1) is 12.1 Å². The van der Waals surface area contributed by atoms with Crippen molar-refractivity contribution in [2.45, 2.75) is 12.8 Å². The van der Waals surface area contributed by atoms with Crippen molar-refractivity contribution < 1.29 is 36.6 Å². The van der Waals surface area contributed by atoms with Crippen molar-refractivity contribution in [1.29, 1.82) is 0 Å². The second-order valence-electron chi connectivity index (χ2n) is 3.58. The molecule has 3 atom stereocenters. The summed E-state index contributed by atoms with van der Waals surface area (Å²) in [6.07, 6.45) is 0.210. The van der Waals surface area contributed by atoms with Crippen molar-refractivity contribution in [3.8, 4) is 0 Å². The number of carbonyl (C=O) groups is 2. The summed E-state index contributed by atoms with van der Waals surface area (Å²) < 4.78 is 36.3. The summed E-state index contributed by atoms with van der Waals surface area (Å²) in [7, 11) is -1.69. The first-order valence-electron chi connectivity index (χ1n) is 5.27. The van der Waals surface area contributed by atoms with Crippen LogP contribution in [0.15, 0.2) is 0 Å². The van der Waals surface area contributed by atoms with E-state index < -0.39 is 43.5 Å². The highest BCUT2D eigenvalue weighted by molar-refractivity contribution is 7.63. The standard InChI is InChI=1S/C8H15O8P3/c1-12-17-15-19(11,16-18-13-2)5-6-3-4-7(9)14-8(6)10/h6,17-18H,3-5H2,1-2H3. The first kappa shape index (κ1) is 17.1. The third-order valence-corrected chi connectivity index (χ3v) is 6.25. The number of hydrogen-bond acceptors (Lipinski definition) is 8. The number of rotatable bonds is 8. The maximum Gasteiger partial charge on any atom is 0.341 e. The molecule has 1 aliphatic rings. The Labute approximate surface area is 114 Å². The molecule has 0 spiro atoms. The minimum atomic E-state index is -3.52. The lowest BCUT2D eigenvalue weighted by atomic mass is 10.0. The molecule has 0 aliphatic carbocycles. The molecule has 110 valence electrons. The zero-order valence-corrected chi connectivity index (χ0v) is 13.3. The molecule has 1 heterocycles. The van der Waals surface area contributed by atoms with Crippen LogP contribution in [0.5, 0.6) is 0 Å². The molecule has 0 N–H and O–H groups in total. The largest absolute Gasteiger partial charge is 0.393 e. The quantitative estimate of drug-likeness (QED) is 0.378. The predicted molar refractivity (Wildman–Crippen MR) is 69.1 cm³/mol. The molecule has 11 heteroatoms. The Hall–Kier alpha value is 0.0700. The Kier molecular flexibility index (Phi) is 7.55. The van der Waals surface area contributed by atoms with Crippen LogP contribution in [0.25, 0.3) is 0 Å². The highest BCUT2D eigenvalue weighted by atomic mass is 31.3. The molecule has 1 fully saturated rings. The Morgan fingerprint density at radius 1 is 1.26 bits per heavy atom. The summed E-state index contributed by atoms with van der Waals surface area (Å²) in [4.78, 5) is 22.4. The summed E-state index contributed by atoms with van der Waals surface area (Å²) in [6.45, 7) is 0. The summed E-state index contributed by atoms with van der Waals surface area (Å²) in [6, 6.07) is 0. The Morgan fingerprint density at radius 2 is 1.84 bits per heavy atom. The van der Waals surface area contributed by atoms with Crippen molar-refractivity contribution >= 4 is 37.6 Å². The normalized spacial score (nSPS) is 24.2. The van der Waals surface area contributed by atoms with Crippen LogP contribution < -0.4 is 0 Å². The number of esters is 2. The topological polar surface area (TPSA) is 97.4 Å². The third-order valence-electron chi connectivity index (χ3n) is 2.21. The fourth-order valence-electron chi connectivity index (χ4n) is 1.37. The second-order valence-corrected chi connectivity index (χ2v) is 7.78. The SMILES string of the molecule is COPOP(=O)(CC1CCC(=O)OC1=O)OPOC. The van der Waals surface area contributed by atoms with Crippen LogP contribution in [0, 0.1) is 5.92 Å². The van der Waals surface area contributed by atoms with Crippen molar-refractivity contribution in [2.24, 2.45) is 5.92 Å². The maximum absolute atomic E-state index is 12.3. The van der Waals surface area contributed by atoms with Gasteiger partial charge in [0.2, 0.25) is 0 Å². The van der Waals surface area contributed by atoms with E-state index in [4.69, 9.17) is 17.7 Å². The van der Waals surface area contributed by atoms with E-state index in [-0.39, 0.29) is 19.0 Å². The fourth-order valence-corrected chi connectivity index (χ4v) is 4.83. The highest BCUT2D eigenvalue weighted by Gasteiger charge is 2.38. The minimum absolute atomic E-state index is 0.107. The van der Waals surface area contributed by atoms with E-state index in [1.807, 2.05) is 0 Å². The predicted octanol–water partition coefficient (Wildman–Crippen LogP) is 2.00. The molecule has 0 aromatic carbocycles. The van der Waals surface area contributed by atoms with Gasteiger partial charge in [-0.05, 0) is 6.42 Å². The van der Waals surface area contributed by atoms with Gasteiger partial charge in [0, 0.05) is 20.6 Å². The zero-order valence-electron chi connectivity index (χ0n) is 10.4. The summed E-state index contributed by atoms with van der Waals surface area (Å²) in [5.41, 5.74) is 0. The zero-order chi connectivity index (χ0) is 14.3. The molecule has 0 aromatic rings. The number of ether oxygens (including phenoxy) is 1. The van der Waals surface area contributed by atoms with Crippen LogP contribution in [0.1, 0.15) is 12.8 Å². The van der Waals surface area contributed by atoms with E-state index in [0.717, 1.165) is 0 Å².